The van der Waals surface area contributed by atoms with Crippen molar-refractivity contribution < 1.29 is 42.4 Å². The van der Waals surface area contributed by atoms with Gasteiger partial charge in [-0.05, 0) is 0 Å². The molecule has 1 amide bonds. The maximum absolute atomic E-state index is 12.8. The molecule has 0 radical (unpaired) electrons. The minimum atomic E-state index is -4.70. The standard InChI is InChI=1S/C18H19F3N6O6/c1-32-17(31)8-2-23-15(24-3-8)16(30)25-4-10-14(29)13(28)9(7-33-10)26-12-6-22-5-11(27-12)18(19,20)21/h2-3,5-6,9-10,13-14,28-29H,4,7H2,1H3,(H,25,30)(H,26,27)/t9-,10+,13+,14-/m0/s1. The summed E-state index contributed by atoms with van der Waals surface area (Å²) in [6.07, 6.45) is -4.86. The Morgan fingerprint density at radius 3 is 2.52 bits per heavy atom. The van der Waals surface area contributed by atoms with E-state index in [2.05, 4.69) is 35.3 Å². The Morgan fingerprint density at radius 2 is 1.88 bits per heavy atom. The number of hydrogen-bond acceptors (Lipinski definition) is 11. The van der Waals surface area contributed by atoms with Crippen LogP contribution in [0.1, 0.15) is 26.7 Å². The van der Waals surface area contributed by atoms with Crippen molar-refractivity contribution in [3.63, 3.8) is 0 Å². The van der Waals surface area contributed by atoms with Gasteiger partial charge in [0.2, 0.25) is 5.82 Å². The quantitative estimate of drug-likeness (QED) is 0.396. The molecule has 3 rings (SSSR count). The maximum atomic E-state index is 12.8. The first-order valence-electron chi connectivity index (χ1n) is 9.42. The van der Waals surface area contributed by atoms with Crippen LogP contribution in [0.25, 0.3) is 0 Å². The van der Waals surface area contributed by atoms with Crippen molar-refractivity contribution in [2.75, 3.05) is 25.6 Å². The molecule has 178 valence electrons. The molecule has 0 unspecified atom stereocenters. The lowest BCUT2D eigenvalue weighted by molar-refractivity contribution is -0.141. The van der Waals surface area contributed by atoms with Crippen LogP contribution in [-0.2, 0) is 15.7 Å². The van der Waals surface area contributed by atoms with Gasteiger partial charge in [-0.3, -0.25) is 9.78 Å². The zero-order valence-corrected chi connectivity index (χ0v) is 17.0. The molecule has 4 atom stereocenters. The summed E-state index contributed by atoms with van der Waals surface area (Å²) in [5, 5.41) is 25.6. The number of aromatic nitrogens is 4. The molecule has 2 aromatic heterocycles. The van der Waals surface area contributed by atoms with E-state index in [1.807, 2.05) is 0 Å². The van der Waals surface area contributed by atoms with E-state index in [1.165, 1.54) is 7.11 Å². The highest BCUT2D eigenvalue weighted by Gasteiger charge is 2.39. The second-order valence-corrected chi connectivity index (χ2v) is 6.89. The van der Waals surface area contributed by atoms with Crippen molar-refractivity contribution in [2.24, 2.45) is 0 Å². The number of aliphatic hydroxyl groups excluding tert-OH is 2. The summed E-state index contributed by atoms with van der Waals surface area (Å²) >= 11 is 0. The van der Waals surface area contributed by atoms with E-state index in [9.17, 15) is 33.0 Å². The first-order chi connectivity index (χ1) is 15.6. The largest absolute Gasteiger partial charge is 0.465 e. The Balaban J connectivity index is 1.55. The highest BCUT2D eigenvalue weighted by atomic mass is 19.4. The van der Waals surface area contributed by atoms with Gasteiger partial charge in [0.15, 0.2) is 5.69 Å². The van der Waals surface area contributed by atoms with E-state index in [-0.39, 0.29) is 30.4 Å². The molecular weight excluding hydrogens is 453 g/mol. The fourth-order valence-electron chi connectivity index (χ4n) is 2.89. The highest BCUT2D eigenvalue weighted by Crippen LogP contribution is 2.28. The van der Waals surface area contributed by atoms with Gasteiger partial charge in [-0.2, -0.15) is 13.2 Å². The van der Waals surface area contributed by atoms with Gasteiger partial charge in [-0.25, -0.2) is 19.7 Å². The third-order valence-corrected chi connectivity index (χ3v) is 4.63. The molecule has 1 fully saturated rings. The third kappa shape index (κ3) is 5.88. The fraction of sp³-hybridized carbons (Fsp3) is 0.444. The van der Waals surface area contributed by atoms with Crippen molar-refractivity contribution in [3.05, 3.63) is 41.9 Å². The van der Waals surface area contributed by atoms with Crippen molar-refractivity contribution in [1.29, 1.82) is 0 Å². The summed E-state index contributed by atoms with van der Waals surface area (Å²) in [5.74, 6) is -1.91. The highest BCUT2D eigenvalue weighted by molar-refractivity contribution is 5.92. The predicted octanol–water partition coefficient (Wildman–Crippen LogP) is -0.597. The molecule has 0 saturated carbocycles. The van der Waals surface area contributed by atoms with E-state index in [0.717, 1.165) is 18.6 Å². The number of aliphatic hydroxyl groups is 2. The van der Waals surface area contributed by atoms with Crippen LogP contribution in [0.15, 0.2) is 24.8 Å². The van der Waals surface area contributed by atoms with Gasteiger partial charge in [0.05, 0.1) is 37.7 Å². The molecule has 3 heterocycles. The Labute approximate surface area is 184 Å². The number of carbonyl (C=O) groups is 2. The number of anilines is 1. The molecule has 2 aromatic rings. The van der Waals surface area contributed by atoms with Crippen LogP contribution in [0.3, 0.4) is 0 Å². The van der Waals surface area contributed by atoms with Crippen molar-refractivity contribution in [3.8, 4) is 0 Å². The number of carbonyl (C=O) groups excluding carboxylic acids is 2. The van der Waals surface area contributed by atoms with Crippen LogP contribution < -0.4 is 10.6 Å². The second-order valence-electron chi connectivity index (χ2n) is 6.89. The van der Waals surface area contributed by atoms with E-state index in [0.29, 0.717) is 6.20 Å². The number of ether oxygens (including phenoxy) is 2. The van der Waals surface area contributed by atoms with Gasteiger partial charge in [-0.15, -0.1) is 0 Å². The van der Waals surface area contributed by atoms with Crippen LogP contribution >= 0.6 is 0 Å². The van der Waals surface area contributed by atoms with Gasteiger partial charge in [0.25, 0.3) is 5.91 Å². The zero-order chi connectivity index (χ0) is 24.2. The van der Waals surface area contributed by atoms with E-state index >= 15 is 0 Å². The first-order valence-corrected chi connectivity index (χ1v) is 9.42. The third-order valence-electron chi connectivity index (χ3n) is 4.63. The van der Waals surface area contributed by atoms with E-state index in [1.54, 1.807) is 0 Å². The van der Waals surface area contributed by atoms with Gasteiger partial charge in [-0.1, -0.05) is 0 Å². The Bertz CT molecular complexity index is 992. The normalized spacial score (nSPS) is 23.0. The monoisotopic (exact) mass is 472 g/mol. The Hall–Kier alpha value is -3.43. The SMILES string of the molecule is COC(=O)c1cnc(C(=O)NC[C@H]2OC[C@H](Nc3cncc(C(F)(F)F)n3)[C@@H](O)[C@H]2O)nc1. The van der Waals surface area contributed by atoms with Crippen LogP contribution in [-0.4, -0.2) is 86.6 Å². The van der Waals surface area contributed by atoms with Crippen molar-refractivity contribution in [2.45, 2.75) is 30.5 Å². The molecular formula is C18H19F3N6O6. The molecule has 0 spiro atoms. The molecule has 4 N–H and O–H groups in total. The van der Waals surface area contributed by atoms with E-state index < -0.39 is 48.1 Å². The lowest BCUT2D eigenvalue weighted by Gasteiger charge is -2.38. The minimum Gasteiger partial charge on any atom is -0.465 e. The number of alkyl halides is 3. The summed E-state index contributed by atoms with van der Waals surface area (Å²) in [6, 6.07) is -0.987. The number of nitrogens with zero attached hydrogens (tertiary/aromatic N) is 4. The maximum Gasteiger partial charge on any atom is 0.434 e. The van der Waals surface area contributed by atoms with Crippen molar-refractivity contribution >= 4 is 17.7 Å². The molecule has 1 saturated heterocycles. The van der Waals surface area contributed by atoms with Gasteiger partial charge in [0.1, 0.15) is 24.1 Å². The Morgan fingerprint density at radius 1 is 1.18 bits per heavy atom. The lowest BCUT2D eigenvalue weighted by atomic mass is 9.98. The molecule has 15 heteroatoms. The minimum absolute atomic E-state index is 0.0483. The predicted molar refractivity (Wildman–Crippen MR) is 102 cm³/mol. The van der Waals surface area contributed by atoms with E-state index in [4.69, 9.17) is 4.74 Å². The number of rotatable bonds is 6. The molecule has 33 heavy (non-hydrogen) atoms. The van der Waals surface area contributed by atoms with Crippen LogP contribution in [0.2, 0.25) is 0 Å². The lowest BCUT2D eigenvalue weighted by Crippen LogP contribution is -2.58. The molecule has 1 aliphatic heterocycles. The first kappa shape index (κ1) is 24.2. The average Bonchev–Trinajstić information content (AvgIpc) is 2.80. The summed E-state index contributed by atoms with van der Waals surface area (Å²) in [6.45, 7) is -0.434. The molecule has 12 nitrogen and oxygen atoms in total. The van der Waals surface area contributed by atoms with Crippen molar-refractivity contribution in [1.82, 2.24) is 25.3 Å². The van der Waals surface area contributed by atoms with Gasteiger partial charge >= 0.3 is 12.1 Å². The fourth-order valence-corrected chi connectivity index (χ4v) is 2.89. The van der Waals surface area contributed by atoms with Crippen LogP contribution in [0, 0.1) is 0 Å². The number of halogens is 3. The van der Waals surface area contributed by atoms with Gasteiger partial charge in [0, 0.05) is 18.9 Å². The molecule has 0 aliphatic carbocycles. The topological polar surface area (TPSA) is 169 Å². The molecule has 0 bridgehead atoms. The van der Waals surface area contributed by atoms with Crippen LogP contribution in [0.4, 0.5) is 19.0 Å². The summed E-state index contributed by atoms with van der Waals surface area (Å²) in [5.41, 5.74) is -1.17. The molecule has 0 aromatic carbocycles. The second kappa shape index (κ2) is 10.0. The molecule has 1 aliphatic rings. The number of methoxy groups -OCH3 is 1. The number of esters is 1. The zero-order valence-electron chi connectivity index (χ0n) is 17.0. The number of hydrogen-bond donors (Lipinski definition) is 4. The average molecular weight is 472 g/mol. The number of nitrogens with one attached hydrogen (secondary N) is 2. The van der Waals surface area contributed by atoms with Crippen LogP contribution in [0.5, 0.6) is 0 Å². The summed E-state index contributed by atoms with van der Waals surface area (Å²) in [4.78, 5) is 37.9. The smallest absolute Gasteiger partial charge is 0.434 e. The summed E-state index contributed by atoms with van der Waals surface area (Å²) in [7, 11) is 1.18. The number of amides is 1. The van der Waals surface area contributed by atoms with Gasteiger partial charge < -0.3 is 30.3 Å². The summed E-state index contributed by atoms with van der Waals surface area (Å²) < 4.78 is 48.3. The Kier molecular flexibility index (Phi) is 7.35.